The molecule has 1 amide bonds. The van der Waals surface area contributed by atoms with Crippen LogP contribution < -0.4 is 9.62 Å². The third kappa shape index (κ3) is 4.64. The Morgan fingerprint density at radius 3 is 2.46 bits per heavy atom. The topological polar surface area (TPSA) is 126 Å². The number of hydrogen-bond acceptors (Lipinski definition) is 8. The second kappa shape index (κ2) is 9.29. The average molecular weight is 493 g/mol. The van der Waals surface area contributed by atoms with Crippen LogP contribution in [0.2, 0.25) is 0 Å². The molecule has 1 aliphatic rings. The molecule has 1 aliphatic heterocycles. The molecule has 1 atom stereocenters. The molecule has 180 valence electrons. The first-order valence-corrected chi connectivity index (χ1v) is 12.6. The van der Waals surface area contributed by atoms with E-state index in [1.165, 1.54) is 18.6 Å². The van der Waals surface area contributed by atoms with Crippen LogP contribution in [0, 0.1) is 0 Å². The number of benzene rings is 2. The highest BCUT2D eigenvalue weighted by Gasteiger charge is 2.27. The van der Waals surface area contributed by atoms with Crippen molar-refractivity contribution in [1.29, 1.82) is 0 Å². The van der Waals surface area contributed by atoms with Crippen molar-refractivity contribution in [3.05, 3.63) is 67.1 Å². The molecule has 1 saturated heterocycles. The molecule has 2 aromatic heterocycles. The van der Waals surface area contributed by atoms with E-state index in [4.69, 9.17) is 0 Å². The minimum Gasteiger partial charge on any atom is -0.368 e. The van der Waals surface area contributed by atoms with Crippen molar-refractivity contribution in [1.82, 2.24) is 29.9 Å². The van der Waals surface area contributed by atoms with Gasteiger partial charge in [-0.1, -0.05) is 17.3 Å². The normalized spacial score (nSPS) is 15.2. The molecule has 0 radical (unpaired) electrons. The van der Waals surface area contributed by atoms with Gasteiger partial charge in [-0.05, 0) is 49.4 Å². The summed E-state index contributed by atoms with van der Waals surface area (Å²) >= 11 is 0. The zero-order valence-corrected chi connectivity index (χ0v) is 19.8. The maximum absolute atomic E-state index is 13.1. The minimum absolute atomic E-state index is 0.00228. The summed E-state index contributed by atoms with van der Waals surface area (Å²) in [4.78, 5) is 24.9. The van der Waals surface area contributed by atoms with Gasteiger partial charge in [0, 0.05) is 38.1 Å². The number of piperazine rings is 1. The summed E-state index contributed by atoms with van der Waals surface area (Å²) in [5.41, 5.74) is 2.49. The predicted octanol–water partition coefficient (Wildman–Crippen LogP) is 1.93. The van der Waals surface area contributed by atoms with Gasteiger partial charge in [0.25, 0.3) is 10.0 Å². The van der Waals surface area contributed by atoms with Gasteiger partial charge in [0.05, 0.1) is 10.4 Å². The Morgan fingerprint density at radius 1 is 1.00 bits per heavy atom. The Hall–Kier alpha value is -4.06. The number of sulfonamides is 1. The summed E-state index contributed by atoms with van der Waals surface area (Å²) in [7, 11) is -3.75. The molecule has 11 nitrogen and oxygen atoms in total. The van der Waals surface area contributed by atoms with Crippen LogP contribution in [-0.4, -0.2) is 70.4 Å². The Balaban J connectivity index is 1.21. The van der Waals surface area contributed by atoms with Gasteiger partial charge in [-0.3, -0.25) is 9.52 Å². The summed E-state index contributed by atoms with van der Waals surface area (Å²) in [6, 6.07) is 15.3. The first-order valence-electron chi connectivity index (χ1n) is 11.1. The second-order valence-corrected chi connectivity index (χ2v) is 9.89. The van der Waals surface area contributed by atoms with E-state index in [1.807, 2.05) is 36.1 Å². The fraction of sp³-hybridized carbons (Fsp3) is 0.261. The monoisotopic (exact) mass is 492 g/mol. The van der Waals surface area contributed by atoms with E-state index in [0.29, 0.717) is 26.2 Å². The van der Waals surface area contributed by atoms with E-state index in [1.54, 1.807) is 28.9 Å². The molecule has 3 heterocycles. The Labute approximate surface area is 202 Å². The Morgan fingerprint density at radius 2 is 1.74 bits per heavy atom. The molecule has 2 aromatic carbocycles. The van der Waals surface area contributed by atoms with Gasteiger partial charge in [-0.15, -0.1) is 5.10 Å². The molecule has 0 spiro atoms. The number of anilines is 2. The van der Waals surface area contributed by atoms with Crippen LogP contribution in [0.25, 0.3) is 11.0 Å². The summed E-state index contributed by atoms with van der Waals surface area (Å²) in [5.74, 6) is 0.204. The molecule has 1 unspecified atom stereocenters. The zero-order valence-electron chi connectivity index (χ0n) is 19.0. The van der Waals surface area contributed by atoms with E-state index in [2.05, 4.69) is 29.9 Å². The maximum atomic E-state index is 13.1. The molecular weight excluding hydrogens is 468 g/mol. The first-order chi connectivity index (χ1) is 16.9. The fourth-order valence-corrected chi connectivity index (χ4v) is 5.12. The van der Waals surface area contributed by atoms with Gasteiger partial charge in [-0.25, -0.2) is 23.1 Å². The van der Waals surface area contributed by atoms with Crippen molar-refractivity contribution >= 4 is 38.5 Å². The van der Waals surface area contributed by atoms with E-state index >= 15 is 0 Å². The van der Waals surface area contributed by atoms with Crippen LogP contribution in [0.15, 0.2) is 72.0 Å². The lowest BCUT2D eigenvalue weighted by Crippen LogP contribution is -2.50. The lowest BCUT2D eigenvalue weighted by atomic mass is 10.2. The molecule has 1 fully saturated rings. The standard InChI is InChI=1S/C23H24N8O3S/c1-17(31-21-5-3-2-4-20(21)26-28-31)23(32)30-14-12-29(13-15-30)18-6-8-19(9-7-18)35(33,34)27-22-10-11-24-16-25-22/h2-11,16-17H,12-15H2,1H3,(H,24,25,27). The highest BCUT2D eigenvalue weighted by Crippen LogP contribution is 2.23. The van der Waals surface area contributed by atoms with Crippen LogP contribution in [0.1, 0.15) is 13.0 Å². The number of para-hydroxylation sites is 1. The maximum Gasteiger partial charge on any atom is 0.263 e. The van der Waals surface area contributed by atoms with E-state index in [9.17, 15) is 13.2 Å². The largest absolute Gasteiger partial charge is 0.368 e. The summed E-state index contributed by atoms with van der Waals surface area (Å²) < 4.78 is 29.3. The van der Waals surface area contributed by atoms with Crippen molar-refractivity contribution in [2.24, 2.45) is 0 Å². The third-order valence-electron chi connectivity index (χ3n) is 6.03. The highest BCUT2D eigenvalue weighted by molar-refractivity contribution is 7.92. The van der Waals surface area contributed by atoms with Crippen molar-refractivity contribution in [3.63, 3.8) is 0 Å². The number of carbonyl (C=O) groups excluding carboxylic acids is 1. The Bertz CT molecular complexity index is 1430. The molecule has 35 heavy (non-hydrogen) atoms. The van der Waals surface area contributed by atoms with Gasteiger partial charge >= 0.3 is 0 Å². The zero-order chi connectivity index (χ0) is 24.4. The average Bonchev–Trinajstić information content (AvgIpc) is 3.33. The Kier molecular flexibility index (Phi) is 6.03. The number of rotatable bonds is 6. The molecule has 0 bridgehead atoms. The van der Waals surface area contributed by atoms with E-state index in [0.717, 1.165) is 16.7 Å². The van der Waals surface area contributed by atoms with Gasteiger partial charge in [0.15, 0.2) is 0 Å². The number of amides is 1. The molecule has 4 aromatic rings. The van der Waals surface area contributed by atoms with Gasteiger partial charge in [0.1, 0.15) is 23.7 Å². The van der Waals surface area contributed by atoms with Gasteiger partial charge < -0.3 is 9.80 Å². The molecule has 5 rings (SSSR count). The summed E-state index contributed by atoms with van der Waals surface area (Å²) in [6.45, 7) is 4.24. The lowest BCUT2D eigenvalue weighted by molar-refractivity contribution is -0.134. The SMILES string of the molecule is CC(C(=O)N1CCN(c2ccc(S(=O)(=O)Nc3ccncn3)cc2)CC1)n1nnc2ccccc21. The van der Waals surface area contributed by atoms with E-state index in [-0.39, 0.29) is 16.6 Å². The summed E-state index contributed by atoms with van der Waals surface area (Å²) in [5, 5.41) is 8.32. The number of aromatic nitrogens is 5. The molecule has 1 N–H and O–H groups in total. The van der Waals surface area contributed by atoms with Crippen molar-refractivity contribution in [2.75, 3.05) is 35.8 Å². The number of nitrogens with zero attached hydrogens (tertiary/aromatic N) is 7. The molecule has 12 heteroatoms. The van der Waals surface area contributed by atoms with Gasteiger partial charge in [0.2, 0.25) is 5.91 Å². The third-order valence-corrected chi connectivity index (χ3v) is 7.40. The van der Waals surface area contributed by atoms with Crippen molar-refractivity contribution in [2.45, 2.75) is 17.9 Å². The van der Waals surface area contributed by atoms with Gasteiger partial charge in [-0.2, -0.15) is 0 Å². The number of carbonyl (C=O) groups is 1. The molecule has 0 saturated carbocycles. The predicted molar refractivity (Wildman–Crippen MR) is 130 cm³/mol. The number of nitrogens with one attached hydrogen (secondary N) is 1. The van der Waals surface area contributed by atoms with Crippen LogP contribution in [-0.2, 0) is 14.8 Å². The number of fused-ring (bicyclic) bond motifs is 1. The quantitative estimate of drug-likeness (QED) is 0.433. The lowest BCUT2D eigenvalue weighted by Gasteiger charge is -2.37. The van der Waals surface area contributed by atoms with Crippen molar-refractivity contribution < 1.29 is 13.2 Å². The highest BCUT2D eigenvalue weighted by atomic mass is 32.2. The molecular formula is C23H24N8O3S. The summed E-state index contributed by atoms with van der Waals surface area (Å²) in [6.07, 6.45) is 2.74. The van der Waals surface area contributed by atoms with Crippen LogP contribution in [0.5, 0.6) is 0 Å². The minimum atomic E-state index is -3.75. The van der Waals surface area contributed by atoms with Crippen LogP contribution in [0.3, 0.4) is 0 Å². The fourth-order valence-electron chi connectivity index (χ4n) is 4.11. The second-order valence-electron chi connectivity index (χ2n) is 8.21. The van der Waals surface area contributed by atoms with Crippen molar-refractivity contribution in [3.8, 4) is 0 Å². The van der Waals surface area contributed by atoms with Crippen LogP contribution in [0.4, 0.5) is 11.5 Å². The van der Waals surface area contributed by atoms with E-state index < -0.39 is 16.1 Å². The first kappa shape index (κ1) is 22.7. The smallest absolute Gasteiger partial charge is 0.263 e. The molecule has 0 aliphatic carbocycles. The van der Waals surface area contributed by atoms with Crippen LogP contribution >= 0.6 is 0 Å². The number of hydrogen-bond donors (Lipinski definition) is 1.